The topological polar surface area (TPSA) is 60.9 Å². The van der Waals surface area contributed by atoms with Gasteiger partial charge in [0.1, 0.15) is 18.0 Å². The number of rotatable bonds is 5. The van der Waals surface area contributed by atoms with Gasteiger partial charge in [0, 0.05) is 24.4 Å². The highest BCUT2D eigenvalue weighted by Crippen LogP contribution is 2.30. The van der Waals surface area contributed by atoms with E-state index < -0.39 is 11.8 Å². The minimum absolute atomic E-state index is 0.388. The van der Waals surface area contributed by atoms with E-state index in [-0.39, 0.29) is 0 Å². The Kier molecular flexibility index (Phi) is 6.34. The first-order valence-electron chi connectivity index (χ1n) is 9.17. The number of carbonyl (C=O) groups is 1. The summed E-state index contributed by atoms with van der Waals surface area (Å²) in [4.78, 5) is 21.8. The van der Waals surface area contributed by atoms with Crippen molar-refractivity contribution in [3.63, 3.8) is 0 Å². The van der Waals surface area contributed by atoms with Gasteiger partial charge in [-0.15, -0.1) is 16.4 Å². The average molecular weight is 391 g/mol. The normalized spacial score (nSPS) is 16.1. The number of piperidine rings is 1. The number of nitrogens with zero attached hydrogens (tertiary/aromatic N) is 2. The molecule has 146 valence electrons. The van der Waals surface area contributed by atoms with E-state index in [4.69, 9.17) is 19.3 Å². The molecule has 0 atom stereocenters. The summed E-state index contributed by atoms with van der Waals surface area (Å²) >= 11 is 1.67. The molecule has 2 heterocycles. The van der Waals surface area contributed by atoms with E-state index in [2.05, 4.69) is 5.38 Å². The number of hydroxylamine groups is 2. The van der Waals surface area contributed by atoms with Crippen LogP contribution in [0, 0.1) is 0 Å². The molecule has 0 aliphatic carbocycles. The summed E-state index contributed by atoms with van der Waals surface area (Å²) in [5.74, 6) is 1.23. The number of carbonyl (C=O) groups excluding carboxylic acids is 1. The van der Waals surface area contributed by atoms with Crippen molar-refractivity contribution in [3.8, 4) is 5.75 Å². The van der Waals surface area contributed by atoms with Crippen LogP contribution < -0.4 is 4.74 Å². The molecular formula is C20H26N2O4S. The molecule has 1 fully saturated rings. The molecule has 1 aliphatic heterocycles. The Labute approximate surface area is 164 Å². The maximum absolute atomic E-state index is 11.8. The molecule has 0 saturated carbocycles. The van der Waals surface area contributed by atoms with Gasteiger partial charge in [0.2, 0.25) is 0 Å². The Morgan fingerprint density at radius 2 is 1.93 bits per heavy atom. The van der Waals surface area contributed by atoms with Crippen LogP contribution in [-0.4, -0.2) is 34.9 Å². The summed E-state index contributed by atoms with van der Waals surface area (Å²) in [5.41, 5.74) is 0.403. The van der Waals surface area contributed by atoms with Crippen molar-refractivity contribution in [2.75, 3.05) is 13.1 Å². The molecule has 0 N–H and O–H groups in total. The average Bonchev–Trinajstić information content (AvgIpc) is 3.09. The van der Waals surface area contributed by atoms with Crippen LogP contribution in [0.4, 0.5) is 4.79 Å². The van der Waals surface area contributed by atoms with Crippen LogP contribution in [0.15, 0.2) is 35.7 Å². The fourth-order valence-electron chi connectivity index (χ4n) is 2.82. The zero-order valence-corrected chi connectivity index (χ0v) is 16.8. The van der Waals surface area contributed by atoms with E-state index in [0.29, 0.717) is 25.6 Å². The van der Waals surface area contributed by atoms with Crippen LogP contribution >= 0.6 is 11.3 Å². The Balaban J connectivity index is 1.44. The highest BCUT2D eigenvalue weighted by molar-refractivity contribution is 7.09. The fraction of sp³-hybridized carbons (Fsp3) is 0.500. The van der Waals surface area contributed by atoms with Crippen LogP contribution in [-0.2, 0) is 16.2 Å². The monoisotopic (exact) mass is 390 g/mol. The first-order chi connectivity index (χ1) is 12.9. The van der Waals surface area contributed by atoms with E-state index >= 15 is 0 Å². The maximum atomic E-state index is 11.8. The fourth-order valence-corrected chi connectivity index (χ4v) is 3.79. The van der Waals surface area contributed by atoms with Crippen LogP contribution in [0.25, 0.3) is 0 Å². The van der Waals surface area contributed by atoms with Gasteiger partial charge in [0.15, 0.2) is 0 Å². The van der Waals surface area contributed by atoms with Crippen molar-refractivity contribution in [2.24, 2.45) is 0 Å². The van der Waals surface area contributed by atoms with Gasteiger partial charge in [-0.3, -0.25) is 0 Å². The standard InChI is InChI=1S/C20H26N2O4S/c1-20(2,3)25-19(23)26-22-11-9-15(10-12-22)18-21-16(14-27-18)13-24-17-7-5-4-6-8-17/h4-8,14-15H,9-13H2,1-3H3. The van der Waals surface area contributed by atoms with Crippen molar-refractivity contribution in [1.82, 2.24) is 10.0 Å². The molecule has 3 rings (SSSR count). The maximum Gasteiger partial charge on any atom is 0.528 e. The predicted octanol–water partition coefficient (Wildman–Crippen LogP) is 4.77. The third kappa shape index (κ3) is 6.22. The molecule has 0 unspecified atom stereocenters. The van der Waals surface area contributed by atoms with E-state index in [0.717, 1.165) is 29.3 Å². The summed E-state index contributed by atoms with van der Waals surface area (Å²) < 4.78 is 10.9. The number of hydrogen-bond donors (Lipinski definition) is 0. The van der Waals surface area contributed by atoms with Crippen molar-refractivity contribution in [2.45, 2.75) is 51.7 Å². The SMILES string of the molecule is CC(C)(C)OC(=O)ON1CCC(c2nc(COc3ccccc3)cs2)CC1. The lowest BCUT2D eigenvalue weighted by molar-refractivity contribution is -0.152. The summed E-state index contributed by atoms with van der Waals surface area (Å²) in [6.07, 6.45) is 1.15. The molecule has 1 aromatic heterocycles. The van der Waals surface area contributed by atoms with E-state index in [1.165, 1.54) is 0 Å². The van der Waals surface area contributed by atoms with Gasteiger partial charge < -0.3 is 14.3 Å². The third-order valence-electron chi connectivity index (χ3n) is 4.10. The predicted molar refractivity (Wildman–Crippen MR) is 104 cm³/mol. The number of hydrogen-bond acceptors (Lipinski definition) is 7. The van der Waals surface area contributed by atoms with Crippen LogP contribution in [0.2, 0.25) is 0 Å². The number of aromatic nitrogens is 1. The minimum atomic E-state index is -0.643. The third-order valence-corrected chi connectivity index (χ3v) is 5.15. The summed E-state index contributed by atoms with van der Waals surface area (Å²) in [5, 5.41) is 4.86. The molecule has 0 radical (unpaired) electrons. The summed E-state index contributed by atoms with van der Waals surface area (Å²) in [7, 11) is 0. The molecule has 0 bridgehead atoms. The van der Waals surface area contributed by atoms with E-state index in [9.17, 15) is 4.79 Å². The number of ether oxygens (including phenoxy) is 2. The van der Waals surface area contributed by atoms with Gasteiger partial charge in [-0.1, -0.05) is 18.2 Å². The van der Waals surface area contributed by atoms with Gasteiger partial charge in [0.25, 0.3) is 0 Å². The van der Waals surface area contributed by atoms with Gasteiger partial charge >= 0.3 is 6.16 Å². The Bertz CT molecular complexity index is 734. The number of benzene rings is 1. The van der Waals surface area contributed by atoms with E-state index in [1.807, 2.05) is 51.1 Å². The lowest BCUT2D eigenvalue weighted by atomic mass is 9.99. The molecule has 1 aromatic carbocycles. The number of thiazole rings is 1. The molecule has 27 heavy (non-hydrogen) atoms. The summed E-state index contributed by atoms with van der Waals surface area (Å²) in [6, 6.07) is 9.75. The lowest BCUT2D eigenvalue weighted by Gasteiger charge is -2.30. The van der Waals surface area contributed by atoms with Crippen LogP contribution in [0.5, 0.6) is 5.75 Å². The van der Waals surface area contributed by atoms with Crippen LogP contribution in [0.3, 0.4) is 0 Å². The Morgan fingerprint density at radius 1 is 1.22 bits per heavy atom. The smallest absolute Gasteiger partial charge is 0.487 e. The largest absolute Gasteiger partial charge is 0.528 e. The van der Waals surface area contributed by atoms with Gasteiger partial charge in [-0.25, -0.2) is 9.78 Å². The zero-order valence-electron chi connectivity index (χ0n) is 16.0. The first-order valence-corrected chi connectivity index (χ1v) is 10.0. The molecule has 1 aliphatic rings. The Hall–Kier alpha value is -2.12. The second-order valence-electron chi connectivity index (χ2n) is 7.54. The summed E-state index contributed by atoms with van der Waals surface area (Å²) in [6.45, 7) is 7.30. The minimum Gasteiger partial charge on any atom is -0.487 e. The van der Waals surface area contributed by atoms with Crippen molar-refractivity contribution in [1.29, 1.82) is 0 Å². The lowest BCUT2D eigenvalue weighted by Crippen LogP contribution is -2.37. The van der Waals surface area contributed by atoms with Gasteiger partial charge in [-0.05, 0) is 45.7 Å². The number of para-hydroxylation sites is 1. The zero-order chi connectivity index (χ0) is 19.3. The Morgan fingerprint density at radius 3 is 2.59 bits per heavy atom. The molecule has 0 spiro atoms. The molecule has 6 nitrogen and oxygen atoms in total. The van der Waals surface area contributed by atoms with E-state index in [1.54, 1.807) is 16.4 Å². The van der Waals surface area contributed by atoms with Gasteiger partial charge in [0.05, 0.1) is 10.7 Å². The molecular weight excluding hydrogens is 364 g/mol. The van der Waals surface area contributed by atoms with Crippen molar-refractivity contribution in [3.05, 3.63) is 46.4 Å². The highest BCUT2D eigenvalue weighted by atomic mass is 32.1. The quantitative estimate of drug-likeness (QED) is 0.686. The molecule has 0 amide bonds. The molecule has 1 saturated heterocycles. The van der Waals surface area contributed by atoms with Crippen LogP contribution in [0.1, 0.15) is 50.2 Å². The van der Waals surface area contributed by atoms with Crippen molar-refractivity contribution >= 4 is 17.5 Å². The van der Waals surface area contributed by atoms with Gasteiger partial charge in [-0.2, -0.15) is 0 Å². The molecule has 2 aromatic rings. The molecule has 7 heteroatoms. The second kappa shape index (κ2) is 8.71. The first kappa shape index (κ1) is 19.6. The van der Waals surface area contributed by atoms with Crippen molar-refractivity contribution < 1.29 is 19.1 Å². The highest BCUT2D eigenvalue weighted by Gasteiger charge is 2.27. The second-order valence-corrected chi connectivity index (χ2v) is 8.43.